The van der Waals surface area contributed by atoms with Crippen molar-refractivity contribution in [2.24, 2.45) is 0 Å². The molecule has 0 N–H and O–H groups in total. The molecule has 7 nitrogen and oxygen atoms in total. The lowest BCUT2D eigenvalue weighted by molar-refractivity contribution is 0.0762. The van der Waals surface area contributed by atoms with Crippen LogP contribution >= 0.6 is 0 Å². The Morgan fingerprint density at radius 1 is 1.29 bits per heavy atom. The maximum atomic E-state index is 12.8. The van der Waals surface area contributed by atoms with Crippen molar-refractivity contribution in [3.63, 3.8) is 0 Å². The molecule has 0 radical (unpaired) electrons. The molecule has 0 aliphatic carbocycles. The standard InChI is InChI=1S/C16H16FN5O2/c1-11-7-8-18-16-19-14(20-22(11)16)15(23)21(2)9-10-24-13-5-3-12(17)4-6-13/h3-8H,9-10H2,1-2H3. The molecular formula is C16H16FN5O2. The molecule has 124 valence electrons. The monoisotopic (exact) mass is 329 g/mol. The van der Waals surface area contributed by atoms with Crippen LogP contribution in [0.25, 0.3) is 5.78 Å². The summed E-state index contributed by atoms with van der Waals surface area (Å²) in [6, 6.07) is 7.50. The molecule has 0 saturated carbocycles. The normalized spacial score (nSPS) is 10.8. The van der Waals surface area contributed by atoms with E-state index >= 15 is 0 Å². The lowest BCUT2D eigenvalue weighted by Gasteiger charge is -2.15. The number of carbonyl (C=O) groups is 1. The van der Waals surface area contributed by atoms with Gasteiger partial charge in [-0.3, -0.25) is 4.79 Å². The average Bonchev–Trinajstić information content (AvgIpc) is 3.01. The molecule has 0 aliphatic rings. The number of ether oxygens (including phenoxy) is 1. The van der Waals surface area contributed by atoms with E-state index in [1.54, 1.807) is 19.3 Å². The molecule has 0 unspecified atom stereocenters. The van der Waals surface area contributed by atoms with Gasteiger partial charge in [0, 0.05) is 18.9 Å². The lowest BCUT2D eigenvalue weighted by atomic mass is 10.3. The molecule has 0 saturated heterocycles. The maximum Gasteiger partial charge on any atom is 0.293 e. The Kier molecular flexibility index (Phi) is 4.37. The minimum atomic E-state index is -0.323. The van der Waals surface area contributed by atoms with Crippen molar-refractivity contribution in [2.45, 2.75) is 6.92 Å². The Morgan fingerprint density at radius 2 is 2.04 bits per heavy atom. The molecule has 3 rings (SSSR count). The van der Waals surface area contributed by atoms with Gasteiger partial charge < -0.3 is 9.64 Å². The summed E-state index contributed by atoms with van der Waals surface area (Å²) in [5.41, 5.74) is 0.842. The fourth-order valence-corrected chi connectivity index (χ4v) is 2.10. The largest absolute Gasteiger partial charge is 0.492 e. The Labute approximate surface area is 137 Å². The molecule has 24 heavy (non-hydrogen) atoms. The Bertz CT molecular complexity index is 863. The first kappa shape index (κ1) is 15.9. The summed E-state index contributed by atoms with van der Waals surface area (Å²) in [5.74, 6) is 0.373. The van der Waals surface area contributed by atoms with E-state index < -0.39 is 0 Å². The van der Waals surface area contributed by atoms with Crippen molar-refractivity contribution in [1.82, 2.24) is 24.5 Å². The van der Waals surface area contributed by atoms with Gasteiger partial charge in [-0.2, -0.15) is 4.98 Å². The predicted octanol–water partition coefficient (Wildman–Crippen LogP) is 1.72. The highest BCUT2D eigenvalue weighted by atomic mass is 19.1. The molecule has 8 heteroatoms. The highest BCUT2D eigenvalue weighted by Crippen LogP contribution is 2.11. The second-order valence-electron chi connectivity index (χ2n) is 5.26. The first-order valence-electron chi connectivity index (χ1n) is 7.37. The molecule has 0 bridgehead atoms. The number of rotatable bonds is 5. The summed E-state index contributed by atoms with van der Waals surface area (Å²) in [5, 5.41) is 4.18. The van der Waals surface area contributed by atoms with Crippen molar-refractivity contribution in [2.75, 3.05) is 20.2 Å². The van der Waals surface area contributed by atoms with Gasteiger partial charge >= 0.3 is 0 Å². The minimum absolute atomic E-state index is 0.0843. The van der Waals surface area contributed by atoms with Gasteiger partial charge in [0.25, 0.3) is 11.7 Å². The lowest BCUT2D eigenvalue weighted by Crippen LogP contribution is -2.31. The summed E-state index contributed by atoms with van der Waals surface area (Å²) in [6.45, 7) is 2.48. The number of nitrogens with zero attached hydrogens (tertiary/aromatic N) is 5. The van der Waals surface area contributed by atoms with Crippen LogP contribution in [-0.2, 0) is 0 Å². The number of benzene rings is 1. The molecular weight excluding hydrogens is 313 g/mol. The zero-order chi connectivity index (χ0) is 17.1. The van der Waals surface area contributed by atoms with E-state index in [1.165, 1.54) is 33.7 Å². The van der Waals surface area contributed by atoms with Crippen LogP contribution in [-0.4, -0.2) is 50.6 Å². The summed E-state index contributed by atoms with van der Waals surface area (Å²) < 4.78 is 19.8. The van der Waals surface area contributed by atoms with Crippen molar-refractivity contribution < 1.29 is 13.9 Å². The van der Waals surface area contributed by atoms with Crippen LogP contribution in [0.15, 0.2) is 36.5 Å². The highest BCUT2D eigenvalue weighted by Gasteiger charge is 2.18. The second-order valence-corrected chi connectivity index (χ2v) is 5.26. The summed E-state index contributed by atoms with van der Waals surface area (Å²) in [6.07, 6.45) is 1.62. The first-order chi connectivity index (χ1) is 11.5. The van der Waals surface area contributed by atoms with E-state index in [0.29, 0.717) is 18.1 Å². The summed E-state index contributed by atoms with van der Waals surface area (Å²) >= 11 is 0. The number of aryl methyl sites for hydroxylation is 1. The third-order valence-corrected chi connectivity index (χ3v) is 3.48. The number of amides is 1. The predicted molar refractivity (Wildman–Crippen MR) is 84.4 cm³/mol. The van der Waals surface area contributed by atoms with E-state index in [0.717, 1.165) is 5.69 Å². The van der Waals surface area contributed by atoms with Gasteiger partial charge in [-0.1, -0.05) is 0 Å². The first-order valence-corrected chi connectivity index (χ1v) is 7.37. The second kappa shape index (κ2) is 6.61. The molecule has 0 spiro atoms. The Morgan fingerprint density at radius 3 is 2.75 bits per heavy atom. The molecule has 0 atom stereocenters. The minimum Gasteiger partial charge on any atom is -0.492 e. The van der Waals surface area contributed by atoms with Crippen molar-refractivity contribution in [1.29, 1.82) is 0 Å². The maximum absolute atomic E-state index is 12.8. The highest BCUT2D eigenvalue weighted by molar-refractivity contribution is 5.90. The smallest absolute Gasteiger partial charge is 0.293 e. The van der Waals surface area contributed by atoms with Crippen LogP contribution in [0.3, 0.4) is 0 Å². The average molecular weight is 329 g/mol. The third-order valence-electron chi connectivity index (χ3n) is 3.48. The van der Waals surface area contributed by atoms with Gasteiger partial charge in [0.2, 0.25) is 5.82 Å². The number of hydrogen-bond acceptors (Lipinski definition) is 5. The van der Waals surface area contributed by atoms with Crippen LogP contribution in [0.5, 0.6) is 5.75 Å². The van der Waals surface area contributed by atoms with Crippen LogP contribution in [0.2, 0.25) is 0 Å². The number of aromatic nitrogens is 4. The Hall–Kier alpha value is -3.03. The Balaban J connectivity index is 1.61. The van der Waals surface area contributed by atoms with E-state index in [-0.39, 0.29) is 24.2 Å². The number of carbonyl (C=O) groups excluding carboxylic acids is 1. The van der Waals surface area contributed by atoms with Crippen molar-refractivity contribution >= 4 is 11.7 Å². The van der Waals surface area contributed by atoms with Crippen LogP contribution in [0.1, 0.15) is 16.3 Å². The SMILES string of the molecule is Cc1ccnc2nc(C(=O)N(C)CCOc3ccc(F)cc3)nn12. The zero-order valence-corrected chi connectivity index (χ0v) is 13.3. The molecule has 0 aliphatic heterocycles. The topological polar surface area (TPSA) is 72.6 Å². The number of fused-ring (bicyclic) bond motifs is 1. The van der Waals surface area contributed by atoms with Crippen LogP contribution < -0.4 is 4.74 Å². The van der Waals surface area contributed by atoms with Gasteiger partial charge in [-0.05, 0) is 37.3 Å². The molecule has 2 heterocycles. The van der Waals surface area contributed by atoms with Gasteiger partial charge in [0.05, 0.1) is 6.54 Å². The molecule has 1 aromatic carbocycles. The zero-order valence-electron chi connectivity index (χ0n) is 13.3. The van der Waals surface area contributed by atoms with Crippen molar-refractivity contribution in [3.8, 4) is 5.75 Å². The fourth-order valence-electron chi connectivity index (χ4n) is 2.10. The van der Waals surface area contributed by atoms with Crippen molar-refractivity contribution in [3.05, 3.63) is 53.9 Å². The van der Waals surface area contributed by atoms with E-state index in [2.05, 4.69) is 15.1 Å². The number of likely N-dealkylation sites (N-methyl/N-ethyl adjacent to an activating group) is 1. The molecule has 2 aromatic heterocycles. The fraction of sp³-hybridized carbons (Fsp3) is 0.250. The number of hydrogen-bond donors (Lipinski definition) is 0. The van der Waals surface area contributed by atoms with E-state index in [1.807, 2.05) is 6.92 Å². The van der Waals surface area contributed by atoms with Gasteiger partial charge in [0.15, 0.2) is 0 Å². The number of halogens is 1. The summed E-state index contributed by atoms with van der Waals surface area (Å²) in [7, 11) is 1.64. The third kappa shape index (κ3) is 3.32. The summed E-state index contributed by atoms with van der Waals surface area (Å²) in [4.78, 5) is 22.0. The van der Waals surface area contributed by atoms with Gasteiger partial charge in [-0.25, -0.2) is 13.9 Å². The molecule has 1 amide bonds. The van der Waals surface area contributed by atoms with E-state index in [4.69, 9.17) is 4.74 Å². The van der Waals surface area contributed by atoms with E-state index in [9.17, 15) is 9.18 Å². The molecule has 0 fully saturated rings. The molecule has 3 aromatic rings. The quantitative estimate of drug-likeness (QED) is 0.713. The van der Waals surface area contributed by atoms with Gasteiger partial charge in [-0.15, -0.1) is 5.10 Å². The van der Waals surface area contributed by atoms with Crippen LogP contribution in [0, 0.1) is 12.7 Å². The van der Waals surface area contributed by atoms with Gasteiger partial charge in [0.1, 0.15) is 18.2 Å². The van der Waals surface area contributed by atoms with Crippen LogP contribution in [0.4, 0.5) is 4.39 Å².